The number of nitrogens with one attached hydrogen (secondary N) is 1. The van der Waals surface area contributed by atoms with Crippen LogP contribution in [0.2, 0.25) is 0 Å². The number of ether oxygens (including phenoxy) is 1. The quantitative estimate of drug-likeness (QED) is 0.824. The SMILES string of the molecule is CCCc1nc(C(CC)(CC)OC)nc(NC)c1Br. The molecule has 0 amide bonds. The van der Waals surface area contributed by atoms with Gasteiger partial charge in [0.25, 0.3) is 0 Å². The number of aromatic nitrogens is 2. The molecule has 1 aromatic rings. The van der Waals surface area contributed by atoms with Crippen molar-refractivity contribution in [3.05, 3.63) is 16.0 Å². The van der Waals surface area contributed by atoms with Crippen LogP contribution in [-0.2, 0) is 16.8 Å². The molecular weight excluding hydrogens is 306 g/mol. The Balaban J connectivity index is 3.38. The van der Waals surface area contributed by atoms with Crippen LogP contribution in [0.3, 0.4) is 0 Å². The van der Waals surface area contributed by atoms with Crippen LogP contribution in [0.25, 0.3) is 0 Å². The Morgan fingerprint density at radius 1 is 1.21 bits per heavy atom. The van der Waals surface area contributed by atoms with Gasteiger partial charge in [0.1, 0.15) is 11.4 Å². The lowest BCUT2D eigenvalue weighted by Gasteiger charge is -2.29. The van der Waals surface area contributed by atoms with E-state index in [1.165, 1.54) is 0 Å². The summed E-state index contributed by atoms with van der Waals surface area (Å²) in [6.45, 7) is 6.37. The van der Waals surface area contributed by atoms with Crippen LogP contribution in [0.5, 0.6) is 0 Å². The van der Waals surface area contributed by atoms with E-state index in [-0.39, 0.29) is 0 Å². The topological polar surface area (TPSA) is 47.0 Å². The molecule has 0 bridgehead atoms. The zero-order chi connectivity index (χ0) is 14.5. The standard InChI is InChI=1S/C14H24BrN3O/c1-6-9-10-11(15)12(16-4)18-13(17-10)14(7-2,8-3)19-5/h6-9H2,1-5H3,(H,16,17,18). The van der Waals surface area contributed by atoms with E-state index in [9.17, 15) is 0 Å². The van der Waals surface area contributed by atoms with Gasteiger partial charge in [0.05, 0.1) is 10.2 Å². The Morgan fingerprint density at radius 3 is 2.26 bits per heavy atom. The Labute approximate surface area is 124 Å². The van der Waals surface area contributed by atoms with Crippen molar-refractivity contribution in [2.24, 2.45) is 0 Å². The fraction of sp³-hybridized carbons (Fsp3) is 0.714. The lowest BCUT2D eigenvalue weighted by Crippen LogP contribution is -2.30. The average molecular weight is 330 g/mol. The van der Waals surface area contributed by atoms with Gasteiger partial charge in [-0.3, -0.25) is 0 Å². The van der Waals surface area contributed by atoms with E-state index in [4.69, 9.17) is 9.72 Å². The minimum Gasteiger partial charge on any atom is -0.372 e. The zero-order valence-electron chi connectivity index (χ0n) is 12.5. The molecule has 0 saturated carbocycles. The van der Waals surface area contributed by atoms with E-state index in [1.807, 2.05) is 7.05 Å². The fourth-order valence-electron chi connectivity index (χ4n) is 2.21. The zero-order valence-corrected chi connectivity index (χ0v) is 14.1. The maximum Gasteiger partial charge on any atom is 0.162 e. The third-order valence-electron chi connectivity index (χ3n) is 3.58. The minimum absolute atomic E-state index is 0.394. The predicted molar refractivity (Wildman–Crippen MR) is 82.5 cm³/mol. The number of methoxy groups -OCH3 is 1. The maximum atomic E-state index is 5.73. The van der Waals surface area contributed by atoms with E-state index in [1.54, 1.807) is 7.11 Å². The fourth-order valence-corrected chi connectivity index (χ4v) is 2.79. The Kier molecular flexibility index (Phi) is 6.20. The summed E-state index contributed by atoms with van der Waals surface area (Å²) in [4.78, 5) is 9.36. The highest BCUT2D eigenvalue weighted by atomic mass is 79.9. The largest absolute Gasteiger partial charge is 0.372 e. The Morgan fingerprint density at radius 2 is 1.84 bits per heavy atom. The number of nitrogens with zero attached hydrogens (tertiary/aromatic N) is 2. The molecule has 0 unspecified atom stereocenters. The number of anilines is 1. The van der Waals surface area contributed by atoms with Crippen molar-refractivity contribution in [1.29, 1.82) is 0 Å². The average Bonchev–Trinajstić information content (AvgIpc) is 2.44. The summed E-state index contributed by atoms with van der Waals surface area (Å²) in [5.74, 6) is 1.60. The van der Waals surface area contributed by atoms with Gasteiger partial charge in [-0.15, -0.1) is 0 Å². The molecule has 5 heteroatoms. The van der Waals surface area contributed by atoms with E-state index < -0.39 is 5.60 Å². The number of hydrogen-bond acceptors (Lipinski definition) is 4. The van der Waals surface area contributed by atoms with Crippen LogP contribution in [0.4, 0.5) is 5.82 Å². The van der Waals surface area contributed by atoms with Crippen LogP contribution in [0.1, 0.15) is 51.6 Å². The van der Waals surface area contributed by atoms with Gasteiger partial charge in [0, 0.05) is 14.2 Å². The molecule has 0 aromatic carbocycles. The lowest BCUT2D eigenvalue weighted by atomic mass is 9.95. The summed E-state index contributed by atoms with van der Waals surface area (Å²) < 4.78 is 6.68. The second kappa shape index (κ2) is 7.20. The van der Waals surface area contributed by atoms with E-state index in [0.29, 0.717) is 0 Å². The van der Waals surface area contributed by atoms with Crippen LogP contribution in [0, 0.1) is 0 Å². The summed E-state index contributed by atoms with van der Waals surface area (Å²) in [5, 5.41) is 3.13. The van der Waals surface area contributed by atoms with Gasteiger partial charge in [0.2, 0.25) is 0 Å². The highest BCUT2D eigenvalue weighted by Crippen LogP contribution is 2.33. The van der Waals surface area contributed by atoms with Crippen molar-refractivity contribution in [2.75, 3.05) is 19.5 Å². The second-order valence-electron chi connectivity index (χ2n) is 4.56. The molecule has 1 rings (SSSR count). The molecule has 0 atom stereocenters. The summed E-state index contributed by atoms with van der Waals surface area (Å²) in [7, 11) is 3.61. The van der Waals surface area contributed by atoms with Gasteiger partial charge in [-0.25, -0.2) is 9.97 Å². The van der Waals surface area contributed by atoms with E-state index in [0.717, 1.165) is 47.5 Å². The Hall–Kier alpha value is -0.680. The molecule has 0 fully saturated rings. The summed E-state index contributed by atoms with van der Waals surface area (Å²) in [5.41, 5.74) is 0.648. The third-order valence-corrected chi connectivity index (χ3v) is 4.42. The monoisotopic (exact) mass is 329 g/mol. The first-order chi connectivity index (χ1) is 9.08. The number of halogens is 1. The van der Waals surface area contributed by atoms with E-state index >= 15 is 0 Å². The molecule has 4 nitrogen and oxygen atoms in total. The first-order valence-electron chi connectivity index (χ1n) is 6.88. The third kappa shape index (κ3) is 3.26. The molecule has 0 aliphatic carbocycles. The van der Waals surface area contributed by atoms with Crippen molar-refractivity contribution in [3.63, 3.8) is 0 Å². The van der Waals surface area contributed by atoms with Gasteiger partial charge in [0.15, 0.2) is 5.82 Å². The van der Waals surface area contributed by atoms with Gasteiger partial charge in [-0.05, 0) is 35.2 Å². The first kappa shape index (κ1) is 16.4. The van der Waals surface area contributed by atoms with Crippen molar-refractivity contribution in [1.82, 2.24) is 9.97 Å². The summed E-state index contributed by atoms with van der Waals surface area (Å²) >= 11 is 3.58. The normalized spacial score (nSPS) is 11.7. The van der Waals surface area contributed by atoms with Crippen LogP contribution >= 0.6 is 15.9 Å². The first-order valence-corrected chi connectivity index (χ1v) is 7.67. The van der Waals surface area contributed by atoms with Gasteiger partial charge < -0.3 is 10.1 Å². The van der Waals surface area contributed by atoms with Crippen LogP contribution in [0.15, 0.2) is 4.47 Å². The molecule has 0 radical (unpaired) electrons. The molecule has 0 saturated heterocycles. The minimum atomic E-state index is -0.394. The highest BCUT2D eigenvalue weighted by Gasteiger charge is 2.32. The molecule has 0 aliphatic rings. The van der Waals surface area contributed by atoms with Crippen molar-refractivity contribution < 1.29 is 4.74 Å². The molecule has 108 valence electrons. The molecule has 1 aromatic heterocycles. The smallest absolute Gasteiger partial charge is 0.162 e. The number of hydrogen-bond donors (Lipinski definition) is 1. The molecule has 1 heterocycles. The highest BCUT2D eigenvalue weighted by molar-refractivity contribution is 9.10. The van der Waals surface area contributed by atoms with Gasteiger partial charge >= 0.3 is 0 Å². The van der Waals surface area contributed by atoms with Gasteiger partial charge in [-0.2, -0.15) is 0 Å². The lowest BCUT2D eigenvalue weighted by molar-refractivity contribution is -0.0292. The Bertz CT molecular complexity index is 411. The second-order valence-corrected chi connectivity index (χ2v) is 5.36. The van der Waals surface area contributed by atoms with Crippen LogP contribution < -0.4 is 5.32 Å². The molecule has 0 spiro atoms. The molecule has 1 N–H and O–H groups in total. The summed E-state index contributed by atoms with van der Waals surface area (Å²) in [6, 6.07) is 0. The van der Waals surface area contributed by atoms with Gasteiger partial charge in [-0.1, -0.05) is 27.2 Å². The van der Waals surface area contributed by atoms with Crippen molar-refractivity contribution in [2.45, 2.75) is 52.1 Å². The number of aryl methyl sites for hydroxylation is 1. The molecular formula is C14H24BrN3O. The van der Waals surface area contributed by atoms with E-state index in [2.05, 4.69) is 47.0 Å². The van der Waals surface area contributed by atoms with Crippen molar-refractivity contribution >= 4 is 21.7 Å². The predicted octanol–water partition coefficient (Wildman–Crippen LogP) is 3.90. The number of rotatable bonds is 7. The molecule has 19 heavy (non-hydrogen) atoms. The van der Waals surface area contributed by atoms with Crippen molar-refractivity contribution in [3.8, 4) is 0 Å². The molecule has 0 aliphatic heterocycles. The van der Waals surface area contributed by atoms with Crippen LogP contribution in [-0.4, -0.2) is 24.1 Å². The maximum absolute atomic E-state index is 5.73. The summed E-state index contributed by atoms with van der Waals surface area (Å²) in [6.07, 6.45) is 3.70.